The zero-order valence-electron chi connectivity index (χ0n) is 25.5. The predicted octanol–water partition coefficient (Wildman–Crippen LogP) is 6.83. The van der Waals surface area contributed by atoms with E-state index in [0.29, 0.717) is 0 Å². The Bertz CT molecular complexity index is 2610. The van der Waals surface area contributed by atoms with Crippen LogP contribution in [0.5, 0.6) is 0 Å². The molecule has 0 atom stereocenters. The lowest BCUT2D eigenvalue weighted by Crippen LogP contribution is -2.27. The Labute approximate surface area is 293 Å². The molecular formula is C32H8F12N4O4S2. The van der Waals surface area contributed by atoms with Crippen molar-refractivity contribution in [1.29, 1.82) is 10.5 Å². The molecule has 22 heteroatoms. The van der Waals surface area contributed by atoms with Crippen LogP contribution in [0.1, 0.15) is 11.1 Å². The van der Waals surface area contributed by atoms with E-state index >= 15 is 26.3 Å². The van der Waals surface area contributed by atoms with Crippen LogP contribution >= 0.6 is 0 Å². The van der Waals surface area contributed by atoms with Crippen molar-refractivity contribution in [2.24, 2.45) is 0 Å². The molecule has 54 heavy (non-hydrogen) atoms. The molecule has 3 aromatic rings. The monoisotopic (exact) mass is 804 g/mol. The molecule has 3 aromatic carbocycles. The summed E-state index contributed by atoms with van der Waals surface area (Å²) in [4.78, 5) is 0.611. The molecule has 0 saturated carbocycles. The van der Waals surface area contributed by atoms with E-state index in [2.05, 4.69) is 9.69 Å². The molecule has 0 heterocycles. The lowest BCUT2D eigenvalue weighted by molar-refractivity contribution is -0.0445. The molecule has 0 amide bonds. The van der Waals surface area contributed by atoms with Crippen LogP contribution in [0.2, 0.25) is 0 Å². The Kier molecular flexibility index (Phi) is 9.26. The third-order valence-corrected chi connectivity index (χ3v) is 11.2. The van der Waals surface area contributed by atoms with E-state index in [1.54, 1.807) is 0 Å². The molecule has 0 bridgehead atoms. The van der Waals surface area contributed by atoms with Gasteiger partial charge in [-0.3, -0.25) is 0 Å². The number of benzene rings is 3. The van der Waals surface area contributed by atoms with Crippen LogP contribution in [-0.4, -0.2) is 27.9 Å². The minimum atomic E-state index is -6.74. The number of rotatable bonds is 4. The van der Waals surface area contributed by atoms with Crippen LogP contribution in [0.4, 0.5) is 52.7 Å². The third kappa shape index (κ3) is 5.66. The normalized spacial score (nSPS) is 14.2. The fraction of sp³-hybridized carbons (Fsp3) is 0.125. The van der Waals surface area contributed by atoms with Crippen LogP contribution in [0.25, 0.3) is 43.6 Å². The maximum Gasteiger partial charge on any atom is 0.525 e. The molecule has 0 fully saturated rings. The first kappa shape index (κ1) is 39.1. The van der Waals surface area contributed by atoms with Crippen LogP contribution in [0.15, 0.2) is 56.6 Å². The Morgan fingerprint density at radius 1 is 0.611 bits per heavy atom. The summed E-state index contributed by atoms with van der Waals surface area (Å²) >= 11 is 0. The van der Waals surface area contributed by atoms with Gasteiger partial charge in [-0.15, -0.1) is 0 Å². The van der Waals surface area contributed by atoms with Gasteiger partial charge in [-0.1, -0.05) is 0 Å². The predicted molar refractivity (Wildman–Crippen MR) is 158 cm³/mol. The summed E-state index contributed by atoms with van der Waals surface area (Å²) in [6.45, 7) is 14.5. The van der Waals surface area contributed by atoms with Gasteiger partial charge in [-0.2, -0.15) is 46.6 Å². The van der Waals surface area contributed by atoms with Crippen molar-refractivity contribution >= 4 is 31.3 Å². The number of allylic oxidation sites excluding steroid dienone is 3. The molecule has 0 spiro atoms. The van der Waals surface area contributed by atoms with Crippen LogP contribution in [-0.2, 0) is 32.5 Å². The molecule has 0 aromatic heterocycles. The van der Waals surface area contributed by atoms with Crippen molar-refractivity contribution in [3.63, 3.8) is 0 Å². The fourth-order valence-electron chi connectivity index (χ4n) is 5.99. The highest BCUT2D eigenvalue weighted by molar-refractivity contribution is 7.92. The smallest absolute Gasteiger partial charge is 0.214 e. The number of alkyl halides is 6. The first-order valence-electron chi connectivity index (χ1n) is 13.8. The summed E-state index contributed by atoms with van der Waals surface area (Å²) in [5.41, 5.74) is -20.8. The quantitative estimate of drug-likeness (QED) is 0.162. The molecular weight excluding hydrogens is 796 g/mol. The van der Waals surface area contributed by atoms with Crippen molar-refractivity contribution in [2.45, 2.75) is 33.6 Å². The number of sulfone groups is 2. The van der Waals surface area contributed by atoms with Crippen LogP contribution in [0, 0.1) is 59.1 Å². The minimum Gasteiger partial charge on any atom is -0.214 e. The summed E-state index contributed by atoms with van der Waals surface area (Å²) in [6, 6.07) is 2.41. The summed E-state index contributed by atoms with van der Waals surface area (Å²) in [7, 11) is -13.5. The SMILES string of the molecule is [C-]#[N+]C([N+]#[C-])=C1Cc2c(-c3cc(F)c(S(=O)(=O)C(F)(F)F)c(F)c3)c3c(c(-c4cc(F)c(S(=O)(=O)C(F)(F)F)c(F)c4)c2=C1F)CC(=C(C#N)C#N)C=3F. The lowest BCUT2D eigenvalue weighted by Gasteiger charge is -2.18. The van der Waals surface area contributed by atoms with Gasteiger partial charge in [0, 0.05) is 28.9 Å². The molecule has 8 nitrogen and oxygen atoms in total. The van der Waals surface area contributed by atoms with E-state index < -0.39 is 155 Å². The van der Waals surface area contributed by atoms with Gasteiger partial charge < -0.3 is 0 Å². The number of nitrogens with zero attached hydrogens (tertiary/aromatic N) is 4. The fourth-order valence-corrected chi connectivity index (χ4v) is 7.71. The number of nitriles is 2. The number of halogens is 12. The standard InChI is InChI=1S/C32H8F12N4O4S2/c1-47-30(48-2)17-8-16-23(12-5-20(35)29(21(36)6-12)54(51,52)32(42,43)44)24-15(7-14(26(24)37)13(9-45)10-46)22(25(16)27(17)38)11-3-18(33)28(19(34)4-11)53(49,50)31(39,40)41/h3-6H,7-8H2. The largest absolute Gasteiger partial charge is 0.525 e. The van der Waals surface area contributed by atoms with Crippen molar-refractivity contribution in [2.75, 3.05) is 0 Å². The van der Waals surface area contributed by atoms with Gasteiger partial charge in [0.25, 0.3) is 19.7 Å². The second kappa shape index (κ2) is 12.8. The summed E-state index contributed by atoms with van der Waals surface area (Å²) in [6.07, 6.45) is -2.11. The Morgan fingerprint density at radius 3 is 1.22 bits per heavy atom. The first-order valence-corrected chi connectivity index (χ1v) is 16.8. The van der Waals surface area contributed by atoms with Gasteiger partial charge in [-0.25, -0.2) is 43.2 Å². The van der Waals surface area contributed by atoms with Gasteiger partial charge in [0.2, 0.25) is 0 Å². The van der Waals surface area contributed by atoms with E-state index in [-0.39, 0.29) is 24.3 Å². The Hall–Kier alpha value is -6.10. The van der Waals surface area contributed by atoms with Crippen LogP contribution in [0.3, 0.4) is 0 Å². The molecule has 2 aliphatic carbocycles. The Balaban J connectivity index is 2.08. The zero-order chi connectivity index (χ0) is 40.6. The number of hydrogen-bond donors (Lipinski definition) is 0. The zero-order valence-corrected chi connectivity index (χ0v) is 27.1. The van der Waals surface area contributed by atoms with E-state index in [1.807, 2.05) is 0 Å². The van der Waals surface area contributed by atoms with Gasteiger partial charge in [0.05, 0.1) is 5.57 Å². The summed E-state index contributed by atoms with van der Waals surface area (Å²) in [5, 5.41) is 16.9. The van der Waals surface area contributed by atoms with Gasteiger partial charge in [0.1, 0.15) is 75.6 Å². The van der Waals surface area contributed by atoms with E-state index in [9.17, 15) is 53.7 Å². The van der Waals surface area contributed by atoms with Gasteiger partial charge in [0.15, 0.2) is 0 Å². The lowest BCUT2D eigenvalue weighted by atomic mass is 9.87. The van der Waals surface area contributed by atoms with Crippen molar-refractivity contribution in [3.8, 4) is 34.4 Å². The first-order chi connectivity index (χ1) is 24.9. The number of fused-ring (bicyclic) bond motifs is 2. The van der Waals surface area contributed by atoms with E-state index in [1.165, 1.54) is 12.1 Å². The highest BCUT2D eigenvalue weighted by Crippen LogP contribution is 2.43. The maximum absolute atomic E-state index is 16.5. The molecule has 2 aliphatic rings. The van der Waals surface area contributed by atoms with Gasteiger partial charge in [-0.05, 0) is 57.6 Å². The van der Waals surface area contributed by atoms with Crippen molar-refractivity contribution in [1.82, 2.24) is 0 Å². The Morgan fingerprint density at radius 2 is 0.926 bits per heavy atom. The summed E-state index contributed by atoms with van der Waals surface area (Å²) < 4.78 is 222. The maximum atomic E-state index is 16.5. The minimum absolute atomic E-state index is 0.0534. The molecule has 0 unspecified atom stereocenters. The number of hydrogen-bond acceptors (Lipinski definition) is 6. The highest BCUT2D eigenvalue weighted by atomic mass is 32.2. The van der Waals surface area contributed by atoms with E-state index in [4.69, 9.17) is 13.1 Å². The average Bonchev–Trinajstić information content (AvgIpc) is 3.55. The van der Waals surface area contributed by atoms with Gasteiger partial charge >= 0.3 is 16.8 Å². The molecule has 5 rings (SSSR count). The molecule has 0 N–H and O–H groups in total. The van der Waals surface area contributed by atoms with Crippen molar-refractivity contribution < 1.29 is 69.5 Å². The van der Waals surface area contributed by atoms with Crippen LogP contribution < -0.4 is 10.4 Å². The second-order valence-electron chi connectivity index (χ2n) is 11.0. The van der Waals surface area contributed by atoms with E-state index in [0.717, 1.165) is 0 Å². The third-order valence-electron chi connectivity index (χ3n) is 8.11. The second-order valence-corrected chi connectivity index (χ2v) is 14.7. The average molecular weight is 805 g/mol. The highest BCUT2D eigenvalue weighted by Gasteiger charge is 2.51. The molecule has 0 saturated heterocycles. The summed E-state index contributed by atoms with van der Waals surface area (Å²) in [5.74, 6) is -14.1. The molecule has 276 valence electrons. The van der Waals surface area contributed by atoms with Crippen molar-refractivity contribution in [3.05, 3.63) is 114 Å². The molecule has 0 aliphatic heterocycles. The topological polar surface area (TPSA) is 125 Å². The molecule has 0 radical (unpaired) electrons.